The highest BCUT2D eigenvalue weighted by molar-refractivity contribution is 5.99. The zero-order chi connectivity index (χ0) is 72.2. The first-order valence-corrected chi connectivity index (χ1v) is 32.1. The highest BCUT2D eigenvalue weighted by atomic mass is 16.4. The van der Waals surface area contributed by atoms with Crippen molar-refractivity contribution in [2.75, 3.05) is 25.4 Å². The topological polar surface area (TPSA) is 505 Å². The number of amides is 10. The lowest BCUT2D eigenvalue weighted by Gasteiger charge is -2.32. The van der Waals surface area contributed by atoms with Gasteiger partial charge >= 0.3 is 5.97 Å². The van der Waals surface area contributed by atoms with Crippen molar-refractivity contribution in [3.05, 3.63) is 65.7 Å². The van der Waals surface area contributed by atoms with Crippen molar-refractivity contribution in [2.45, 2.75) is 214 Å². The number of hydrogen-bond donors (Lipinski definition) is 18. The van der Waals surface area contributed by atoms with Crippen molar-refractivity contribution in [1.29, 1.82) is 0 Å². The number of nitrogens with one attached hydrogen (secondary N) is 10. The molecule has 0 aromatic heterocycles. The Morgan fingerprint density at radius 3 is 1.57 bits per heavy atom. The predicted molar refractivity (Wildman–Crippen MR) is 357 cm³/mol. The molecule has 2 aromatic rings. The van der Waals surface area contributed by atoms with Gasteiger partial charge in [0.2, 0.25) is 59.1 Å². The molecule has 0 bridgehead atoms. The zero-order valence-electron chi connectivity index (χ0n) is 57.2. The van der Waals surface area contributed by atoms with Crippen molar-refractivity contribution in [3.63, 3.8) is 0 Å². The molecular weight excluding hydrogens is 1230 g/mol. The Hall–Kier alpha value is -8.48. The van der Waals surface area contributed by atoms with Crippen molar-refractivity contribution < 1.29 is 73.2 Å². The van der Waals surface area contributed by atoms with E-state index < -0.39 is 168 Å². The number of nitrogens with zero attached hydrogens (tertiary/aromatic N) is 1. The Bertz CT molecular complexity index is 2910. The summed E-state index contributed by atoms with van der Waals surface area (Å²) in [6, 6.07) is 0.290. The molecule has 2 rings (SSSR count). The molecule has 0 aliphatic heterocycles. The van der Waals surface area contributed by atoms with Crippen molar-refractivity contribution in [1.82, 2.24) is 53.2 Å². The number of guanidine groups is 1. The van der Waals surface area contributed by atoms with Crippen molar-refractivity contribution >= 4 is 76.7 Å². The van der Waals surface area contributed by atoms with Gasteiger partial charge in [-0.15, -0.1) is 0 Å². The number of aliphatic hydroxyl groups is 3. The monoisotopic (exact) mass is 1340 g/mol. The minimum atomic E-state index is -1.77. The van der Waals surface area contributed by atoms with Crippen molar-refractivity contribution in [3.8, 4) is 0 Å². The van der Waals surface area contributed by atoms with E-state index in [1.807, 2.05) is 41.5 Å². The average Bonchev–Trinajstić information content (AvgIpc) is 0.946. The first-order valence-electron chi connectivity index (χ1n) is 32.1. The van der Waals surface area contributed by atoms with E-state index in [1.54, 1.807) is 96.1 Å². The Balaban J connectivity index is 2.52. The molecule has 13 atom stereocenters. The highest BCUT2D eigenvalue weighted by Crippen LogP contribution is 2.24. The lowest BCUT2D eigenvalue weighted by Crippen LogP contribution is -2.63. The van der Waals surface area contributed by atoms with Crippen LogP contribution in [-0.4, -0.2) is 184 Å². The number of rotatable bonds is 39. The molecule has 2 aromatic carbocycles. The van der Waals surface area contributed by atoms with Gasteiger partial charge in [0.1, 0.15) is 54.4 Å². The summed E-state index contributed by atoms with van der Waals surface area (Å²) in [6.07, 6.45) is -2.97. The summed E-state index contributed by atoms with van der Waals surface area (Å²) in [5, 5.41) is 66.9. The van der Waals surface area contributed by atoms with Gasteiger partial charge < -0.3 is 96.5 Å². The molecule has 0 heterocycles. The number of benzene rings is 2. The Morgan fingerprint density at radius 1 is 0.547 bits per heavy atom. The van der Waals surface area contributed by atoms with Crippen LogP contribution in [0.15, 0.2) is 59.6 Å². The van der Waals surface area contributed by atoms with E-state index in [2.05, 4.69) is 58.2 Å². The second-order valence-electron chi connectivity index (χ2n) is 27.3. The number of carboxylic acids is 1. The van der Waals surface area contributed by atoms with Gasteiger partial charge in [0.25, 0.3) is 0 Å². The minimum absolute atomic E-state index is 0.0204. The van der Waals surface area contributed by atoms with Gasteiger partial charge in [-0.2, -0.15) is 0 Å². The number of carbonyl (C=O) groups excluding carboxylic acids is 10. The number of anilines is 1. The lowest BCUT2D eigenvalue weighted by atomic mass is 9.86. The van der Waals surface area contributed by atoms with Crippen LogP contribution in [0.2, 0.25) is 0 Å². The average molecular weight is 1340 g/mol. The van der Waals surface area contributed by atoms with Crippen LogP contribution in [0.3, 0.4) is 0 Å². The molecule has 0 saturated carbocycles. The maximum Gasteiger partial charge on any atom is 0.328 e. The molecule has 10 amide bonds. The molecule has 0 saturated heterocycles. The van der Waals surface area contributed by atoms with Gasteiger partial charge in [-0.05, 0) is 90.9 Å². The summed E-state index contributed by atoms with van der Waals surface area (Å²) in [6.45, 7) is 20.7. The molecule has 0 fully saturated rings. The number of aliphatic imine (C=N–C) groups is 1. The van der Waals surface area contributed by atoms with Gasteiger partial charge in [-0.25, -0.2) is 4.79 Å². The van der Waals surface area contributed by atoms with E-state index in [1.165, 1.54) is 6.92 Å². The second kappa shape index (κ2) is 39.4. The largest absolute Gasteiger partial charge is 0.480 e. The summed E-state index contributed by atoms with van der Waals surface area (Å²) in [4.78, 5) is 156. The van der Waals surface area contributed by atoms with E-state index in [-0.39, 0.29) is 68.8 Å². The summed E-state index contributed by atoms with van der Waals surface area (Å²) < 4.78 is 0. The predicted octanol–water partition coefficient (Wildman–Crippen LogP) is -1.65. The molecule has 0 aliphatic rings. The van der Waals surface area contributed by atoms with E-state index in [4.69, 9.17) is 22.9 Å². The number of nitrogens with two attached hydrogens (primary N) is 4. The standard InChI is InChI=1S/C65H107N15O15/c1-14-36(6)49(60(92)79-50(37(7)82)59(91)71-32-48(83)72-44(28-38-20-16-15-17-21-38)56(88)77-47(33-81)62(94)95)78-54(86)42(24-19-25-70-63(68)69)73-55(87)43(26-34(2)3)75-61(93)51(52(84)35(4)5)80-57(89)45(29-39-22-18-23-40(66)27-39)74-58(90)46(31-65(11,12)13)76-53(85)41(67)30-64(8,9)10/h15-18,20-23,27,34-37,41-47,49-52,81-82,84H,14,19,24-26,28-33,66-67H2,1-13H3,(H,71,91)(H,72,83)(H,73,87)(H,74,90)(H,75,93)(H,76,85)(H,77,88)(H,78,86)(H,79,92)(H,80,89)(H,94,95)(H4,68,69,70)/t36-,37-,41+,42+,43-,44-,45-,46-,47-,49-,50-,51-,52?/m0/s1. The van der Waals surface area contributed by atoms with Crippen LogP contribution in [0.1, 0.15) is 140 Å². The Morgan fingerprint density at radius 2 is 1.03 bits per heavy atom. The van der Waals surface area contributed by atoms with Gasteiger partial charge in [-0.1, -0.05) is 132 Å². The molecular formula is C65H107N15O15. The molecule has 0 radical (unpaired) electrons. The summed E-state index contributed by atoms with van der Waals surface area (Å²) in [5.41, 5.74) is 24.1. The first kappa shape index (κ1) is 82.6. The number of hydrogen-bond acceptors (Lipinski definition) is 17. The molecule has 0 spiro atoms. The molecule has 532 valence electrons. The van der Waals surface area contributed by atoms with Gasteiger partial charge in [0.05, 0.1) is 31.4 Å². The number of aliphatic carboxylic acids is 1. The third-order valence-electron chi connectivity index (χ3n) is 15.2. The highest BCUT2D eigenvalue weighted by Gasteiger charge is 2.40. The first-order chi connectivity index (χ1) is 44.2. The van der Waals surface area contributed by atoms with Gasteiger partial charge in [-0.3, -0.25) is 52.9 Å². The molecule has 95 heavy (non-hydrogen) atoms. The van der Waals surface area contributed by atoms with E-state index in [0.29, 0.717) is 23.2 Å². The number of nitrogen functional groups attached to an aromatic ring is 1. The molecule has 30 heteroatoms. The maximum atomic E-state index is 14.7. The molecule has 22 N–H and O–H groups in total. The third-order valence-corrected chi connectivity index (χ3v) is 15.2. The van der Waals surface area contributed by atoms with Crippen LogP contribution in [-0.2, 0) is 65.6 Å². The van der Waals surface area contributed by atoms with Gasteiger partial charge in [0.15, 0.2) is 5.96 Å². The fraction of sp³-hybridized carbons (Fsp3) is 0.631. The van der Waals surface area contributed by atoms with Gasteiger partial charge in [0, 0.05) is 25.1 Å². The zero-order valence-corrected chi connectivity index (χ0v) is 57.2. The minimum Gasteiger partial charge on any atom is -0.480 e. The Labute approximate surface area is 557 Å². The summed E-state index contributed by atoms with van der Waals surface area (Å²) in [7, 11) is 0. The van der Waals surface area contributed by atoms with E-state index in [9.17, 15) is 73.2 Å². The summed E-state index contributed by atoms with van der Waals surface area (Å²) in [5.74, 6) is -12.5. The van der Waals surface area contributed by atoms with Crippen LogP contribution in [0, 0.1) is 28.6 Å². The lowest BCUT2D eigenvalue weighted by molar-refractivity contribution is -0.143. The normalized spacial score (nSPS) is 15.7. The third kappa shape index (κ3) is 30.6. The number of carboxylic acid groups (broad SMARTS) is 1. The van der Waals surface area contributed by atoms with Crippen LogP contribution in [0.5, 0.6) is 0 Å². The molecule has 1 unspecified atom stereocenters. The smallest absolute Gasteiger partial charge is 0.328 e. The second-order valence-corrected chi connectivity index (χ2v) is 27.3. The fourth-order valence-corrected chi connectivity index (χ4v) is 9.89. The van der Waals surface area contributed by atoms with Crippen molar-refractivity contribution in [2.24, 2.45) is 50.8 Å². The van der Waals surface area contributed by atoms with E-state index in [0.717, 1.165) is 0 Å². The quantitative estimate of drug-likeness (QED) is 0.0154. The van der Waals surface area contributed by atoms with E-state index >= 15 is 0 Å². The Kier molecular flexibility index (Phi) is 34.3. The number of aliphatic hydroxyl groups excluding tert-OH is 3. The molecule has 30 nitrogen and oxygen atoms in total. The van der Waals surface area contributed by atoms with Crippen LogP contribution < -0.4 is 76.1 Å². The summed E-state index contributed by atoms with van der Waals surface area (Å²) >= 11 is 0. The van der Waals surface area contributed by atoms with Crippen LogP contribution >= 0.6 is 0 Å². The van der Waals surface area contributed by atoms with Crippen LogP contribution in [0.4, 0.5) is 5.69 Å². The molecule has 0 aliphatic carbocycles. The SMILES string of the molecule is CC[C@H](C)[C@H](NC(=O)[C@@H](CCCN=C(N)N)NC(=O)[C@H](CC(C)C)NC(=O)[C@@H](NC(=O)[C@H](Cc1cccc(N)c1)NC(=O)[C@H](CC(C)(C)C)NC(=O)[C@H](N)CC(C)(C)C)C(O)C(C)C)C(=O)N[C@H](C(=O)NCC(=O)N[C@@H](Cc1ccccc1)C(=O)N[C@@H](CO)C(=O)O)[C@H](C)O. The van der Waals surface area contributed by atoms with Crippen LogP contribution in [0.25, 0.3) is 0 Å². The maximum absolute atomic E-state index is 14.7. The fourth-order valence-electron chi connectivity index (χ4n) is 9.89. The number of carbonyl (C=O) groups is 11.